The molecular formula is C17H27N. The molecule has 1 aromatic rings. The minimum Gasteiger partial charge on any atom is -0.307 e. The molecule has 1 aromatic carbocycles. The highest BCUT2D eigenvalue weighted by Gasteiger charge is 2.32. The topological polar surface area (TPSA) is 12.0 Å². The summed E-state index contributed by atoms with van der Waals surface area (Å²) in [5.74, 6) is 0. The van der Waals surface area contributed by atoms with E-state index in [4.69, 9.17) is 0 Å². The van der Waals surface area contributed by atoms with Crippen molar-refractivity contribution in [3.05, 3.63) is 35.4 Å². The molecular weight excluding hydrogens is 218 g/mol. The summed E-state index contributed by atoms with van der Waals surface area (Å²) in [4.78, 5) is 0. The number of rotatable bonds is 3. The van der Waals surface area contributed by atoms with Gasteiger partial charge in [-0.3, -0.25) is 0 Å². The first-order valence-electron chi connectivity index (χ1n) is 7.32. The van der Waals surface area contributed by atoms with Crippen molar-refractivity contribution in [3.63, 3.8) is 0 Å². The predicted molar refractivity (Wildman–Crippen MR) is 78.8 cm³/mol. The maximum Gasteiger partial charge on any atom is 0.0294 e. The standard InChI is InChI=1S/C17H27N/c1-13-8-10-15(11-9-13)14(2)18-16-7-5-6-12-17(16,3)4/h8-11,14,16,18H,5-7,12H2,1-4H3/t14-,16?/m0/s1. The molecule has 1 aliphatic carbocycles. The van der Waals surface area contributed by atoms with Crippen molar-refractivity contribution in [2.75, 3.05) is 0 Å². The van der Waals surface area contributed by atoms with E-state index in [1.165, 1.54) is 36.8 Å². The molecule has 0 bridgehead atoms. The lowest BCUT2D eigenvalue weighted by molar-refractivity contribution is 0.157. The minimum absolute atomic E-state index is 0.442. The smallest absolute Gasteiger partial charge is 0.0294 e. The lowest BCUT2D eigenvalue weighted by atomic mass is 9.73. The molecule has 0 aliphatic heterocycles. The zero-order valence-electron chi connectivity index (χ0n) is 12.3. The normalized spacial score (nSPS) is 24.8. The van der Waals surface area contributed by atoms with E-state index in [1.54, 1.807) is 0 Å². The third-order valence-corrected chi connectivity index (χ3v) is 4.54. The molecule has 0 spiro atoms. The highest BCUT2D eigenvalue weighted by molar-refractivity contribution is 5.23. The molecule has 100 valence electrons. The molecule has 1 heteroatoms. The SMILES string of the molecule is Cc1ccc([C@H](C)NC2CCCCC2(C)C)cc1. The van der Waals surface area contributed by atoms with Crippen molar-refractivity contribution in [1.82, 2.24) is 5.32 Å². The number of benzene rings is 1. The maximum absolute atomic E-state index is 3.84. The summed E-state index contributed by atoms with van der Waals surface area (Å²) in [6.45, 7) is 9.25. The summed E-state index contributed by atoms with van der Waals surface area (Å²) >= 11 is 0. The number of hydrogen-bond donors (Lipinski definition) is 1. The van der Waals surface area contributed by atoms with Crippen LogP contribution in [0.5, 0.6) is 0 Å². The highest BCUT2D eigenvalue weighted by atomic mass is 15.0. The van der Waals surface area contributed by atoms with E-state index in [-0.39, 0.29) is 0 Å². The van der Waals surface area contributed by atoms with E-state index < -0.39 is 0 Å². The number of hydrogen-bond acceptors (Lipinski definition) is 1. The Morgan fingerprint density at radius 3 is 2.44 bits per heavy atom. The van der Waals surface area contributed by atoms with Gasteiger partial charge in [0.15, 0.2) is 0 Å². The highest BCUT2D eigenvalue weighted by Crippen LogP contribution is 2.36. The second-order valence-electron chi connectivity index (χ2n) is 6.59. The van der Waals surface area contributed by atoms with Crippen LogP contribution in [0.15, 0.2) is 24.3 Å². The summed E-state index contributed by atoms with van der Waals surface area (Å²) < 4.78 is 0. The van der Waals surface area contributed by atoms with Gasteiger partial charge in [-0.05, 0) is 37.7 Å². The molecule has 1 fully saturated rings. The third kappa shape index (κ3) is 3.14. The molecule has 1 unspecified atom stereocenters. The summed E-state index contributed by atoms with van der Waals surface area (Å²) in [6, 6.07) is 10.0. The van der Waals surface area contributed by atoms with E-state index >= 15 is 0 Å². The Labute approximate surface area is 112 Å². The van der Waals surface area contributed by atoms with E-state index in [9.17, 15) is 0 Å². The Morgan fingerprint density at radius 2 is 1.83 bits per heavy atom. The lowest BCUT2D eigenvalue weighted by Crippen LogP contribution is -2.45. The molecule has 1 aliphatic rings. The number of nitrogens with one attached hydrogen (secondary N) is 1. The lowest BCUT2D eigenvalue weighted by Gasteiger charge is -2.41. The Balaban J connectivity index is 2.02. The van der Waals surface area contributed by atoms with Crippen molar-refractivity contribution in [3.8, 4) is 0 Å². The molecule has 0 saturated heterocycles. The van der Waals surface area contributed by atoms with Crippen LogP contribution in [-0.2, 0) is 0 Å². The van der Waals surface area contributed by atoms with Crippen LogP contribution < -0.4 is 5.32 Å². The van der Waals surface area contributed by atoms with Gasteiger partial charge in [-0.1, -0.05) is 56.5 Å². The van der Waals surface area contributed by atoms with Crippen molar-refractivity contribution in [1.29, 1.82) is 0 Å². The van der Waals surface area contributed by atoms with Crippen molar-refractivity contribution in [2.45, 2.75) is 65.5 Å². The van der Waals surface area contributed by atoms with E-state index in [2.05, 4.69) is 57.3 Å². The van der Waals surface area contributed by atoms with Gasteiger partial charge in [0.05, 0.1) is 0 Å². The molecule has 1 saturated carbocycles. The van der Waals surface area contributed by atoms with Gasteiger partial charge in [0.1, 0.15) is 0 Å². The summed E-state index contributed by atoms with van der Waals surface area (Å²) in [7, 11) is 0. The second-order valence-corrected chi connectivity index (χ2v) is 6.59. The van der Waals surface area contributed by atoms with Crippen LogP contribution in [0.1, 0.15) is 63.6 Å². The third-order valence-electron chi connectivity index (χ3n) is 4.54. The molecule has 2 atom stereocenters. The van der Waals surface area contributed by atoms with Crippen molar-refractivity contribution < 1.29 is 0 Å². The average molecular weight is 245 g/mol. The van der Waals surface area contributed by atoms with Gasteiger partial charge in [-0.25, -0.2) is 0 Å². The fourth-order valence-corrected chi connectivity index (χ4v) is 3.06. The van der Waals surface area contributed by atoms with Crippen LogP contribution in [0, 0.1) is 12.3 Å². The first-order chi connectivity index (χ1) is 8.49. The summed E-state index contributed by atoms with van der Waals surface area (Å²) in [5, 5.41) is 3.84. The van der Waals surface area contributed by atoms with Gasteiger partial charge in [0, 0.05) is 12.1 Å². The van der Waals surface area contributed by atoms with Crippen LogP contribution in [0.25, 0.3) is 0 Å². The Kier molecular flexibility index (Phi) is 4.11. The Hall–Kier alpha value is -0.820. The van der Waals surface area contributed by atoms with Crippen molar-refractivity contribution in [2.24, 2.45) is 5.41 Å². The molecule has 1 N–H and O–H groups in total. The molecule has 2 rings (SSSR count). The Morgan fingerprint density at radius 1 is 1.17 bits per heavy atom. The van der Waals surface area contributed by atoms with E-state index in [1.807, 2.05) is 0 Å². The maximum atomic E-state index is 3.84. The zero-order valence-corrected chi connectivity index (χ0v) is 12.3. The van der Waals surface area contributed by atoms with E-state index in [0.717, 1.165) is 0 Å². The van der Waals surface area contributed by atoms with Gasteiger partial charge < -0.3 is 5.32 Å². The average Bonchev–Trinajstić information content (AvgIpc) is 2.32. The minimum atomic E-state index is 0.442. The molecule has 1 nitrogen and oxygen atoms in total. The zero-order chi connectivity index (χ0) is 13.2. The first kappa shape index (κ1) is 13.6. The van der Waals surface area contributed by atoms with Crippen molar-refractivity contribution >= 4 is 0 Å². The molecule has 0 radical (unpaired) electrons. The van der Waals surface area contributed by atoms with Gasteiger partial charge in [-0.2, -0.15) is 0 Å². The van der Waals surface area contributed by atoms with Gasteiger partial charge in [-0.15, -0.1) is 0 Å². The fourth-order valence-electron chi connectivity index (χ4n) is 3.06. The second kappa shape index (κ2) is 5.44. The van der Waals surface area contributed by atoms with Crippen LogP contribution in [-0.4, -0.2) is 6.04 Å². The van der Waals surface area contributed by atoms with Crippen LogP contribution in [0.2, 0.25) is 0 Å². The van der Waals surface area contributed by atoms with Gasteiger partial charge in [0.2, 0.25) is 0 Å². The quantitative estimate of drug-likeness (QED) is 0.819. The molecule has 0 aromatic heterocycles. The van der Waals surface area contributed by atoms with E-state index in [0.29, 0.717) is 17.5 Å². The largest absolute Gasteiger partial charge is 0.307 e. The van der Waals surface area contributed by atoms with Gasteiger partial charge in [0.25, 0.3) is 0 Å². The summed E-state index contributed by atoms with van der Waals surface area (Å²) in [6.07, 6.45) is 5.44. The first-order valence-corrected chi connectivity index (χ1v) is 7.32. The predicted octanol–water partition coefficient (Wildman–Crippen LogP) is 4.61. The molecule has 0 amide bonds. The summed E-state index contributed by atoms with van der Waals surface area (Å²) in [5.41, 5.74) is 3.18. The monoisotopic (exact) mass is 245 g/mol. The van der Waals surface area contributed by atoms with Crippen LogP contribution >= 0.6 is 0 Å². The van der Waals surface area contributed by atoms with Crippen LogP contribution in [0.4, 0.5) is 0 Å². The molecule has 18 heavy (non-hydrogen) atoms. The fraction of sp³-hybridized carbons (Fsp3) is 0.647. The van der Waals surface area contributed by atoms with Gasteiger partial charge >= 0.3 is 0 Å². The Bertz CT molecular complexity index is 377. The number of aryl methyl sites for hydroxylation is 1. The van der Waals surface area contributed by atoms with Crippen LogP contribution in [0.3, 0.4) is 0 Å². The molecule has 0 heterocycles.